The van der Waals surface area contributed by atoms with Crippen LogP contribution in [-0.4, -0.2) is 40.1 Å². The van der Waals surface area contributed by atoms with E-state index in [1.54, 1.807) is 12.1 Å². The molecule has 0 atom stereocenters. The molecule has 4 nitrogen and oxygen atoms in total. The zero-order chi connectivity index (χ0) is 15.2. The monoisotopic (exact) mass is 293 g/mol. The molecule has 0 saturated heterocycles. The first-order valence-electron chi connectivity index (χ1n) is 6.00. The van der Waals surface area contributed by atoms with E-state index in [2.05, 4.69) is 5.32 Å². The molecule has 1 aromatic carbocycles. The summed E-state index contributed by atoms with van der Waals surface area (Å²) in [6.07, 6.45) is -4.22. The van der Waals surface area contributed by atoms with E-state index in [0.29, 0.717) is 17.2 Å². The number of aryl methyl sites for hydroxylation is 1. The normalized spacial score (nSPS) is 11.3. The number of ether oxygens (including phenoxy) is 3. The molecular formula is C13H18F3NO3. The second-order valence-electron chi connectivity index (χ2n) is 4.14. The molecule has 0 bridgehead atoms. The molecule has 0 saturated carbocycles. The van der Waals surface area contributed by atoms with Gasteiger partial charge in [-0.15, -0.1) is 0 Å². The van der Waals surface area contributed by atoms with E-state index in [9.17, 15) is 13.2 Å². The SMILES string of the molecule is COc1cc(C)cc(OC)c1OCCNCC(F)(F)F. The van der Waals surface area contributed by atoms with Gasteiger partial charge in [-0.1, -0.05) is 0 Å². The minimum absolute atomic E-state index is 0.0691. The number of hydrogen-bond donors (Lipinski definition) is 1. The smallest absolute Gasteiger partial charge is 0.401 e. The minimum atomic E-state index is -4.22. The first-order chi connectivity index (χ1) is 9.37. The molecule has 0 aliphatic rings. The lowest BCUT2D eigenvalue weighted by molar-refractivity contribution is -0.124. The van der Waals surface area contributed by atoms with Gasteiger partial charge in [0.2, 0.25) is 5.75 Å². The highest BCUT2D eigenvalue weighted by Gasteiger charge is 2.26. The van der Waals surface area contributed by atoms with Crippen LogP contribution in [0.5, 0.6) is 17.2 Å². The van der Waals surface area contributed by atoms with Crippen LogP contribution in [0, 0.1) is 6.92 Å². The number of methoxy groups -OCH3 is 2. The Kier molecular flexibility index (Phi) is 5.94. The van der Waals surface area contributed by atoms with E-state index in [4.69, 9.17) is 14.2 Å². The van der Waals surface area contributed by atoms with Crippen LogP contribution in [0.2, 0.25) is 0 Å². The maximum absolute atomic E-state index is 11.9. The summed E-state index contributed by atoms with van der Waals surface area (Å²) in [7, 11) is 2.98. The van der Waals surface area contributed by atoms with Crippen molar-refractivity contribution in [3.63, 3.8) is 0 Å². The summed E-state index contributed by atoms with van der Waals surface area (Å²) in [6.45, 7) is 0.976. The van der Waals surface area contributed by atoms with E-state index in [1.807, 2.05) is 6.92 Å². The molecule has 0 radical (unpaired) electrons. The molecule has 7 heteroatoms. The number of hydrogen-bond acceptors (Lipinski definition) is 4. The van der Waals surface area contributed by atoms with Crippen molar-refractivity contribution in [2.24, 2.45) is 0 Å². The molecule has 0 aliphatic carbocycles. The van der Waals surface area contributed by atoms with E-state index >= 15 is 0 Å². The highest BCUT2D eigenvalue weighted by molar-refractivity contribution is 5.53. The summed E-state index contributed by atoms with van der Waals surface area (Å²) >= 11 is 0. The summed E-state index contributed by atoms with van der Waals surface area (Å²) in [5.74, 6) is 1.35. The highest BCUT2D eigenvalue weighted by Crippen LogP contribution is 2.38. The Hall–Kier alpha value is -1.63. The first-order valence-corrected chi connectivity index (χ1v) is 6.00. The maximum atomic E-state index is 11.9. The van der Waals surface area contributed by atoms with Crippen LogP contribution in [0.1, 0.15) is 5.56 Å². The van der Waals surface area contributed by atoms with Gasteiger partial charge in [-0.2, -0.15) is 13.2 Å². The van der Waals surface area contributed by atoms with Crippen molar-refractivity contribution >= 4 is 0 Å². The van der Waals surface area contributed by atoms with Gasteiger partial charge in [-0.3, -0.25) is 0 Å². The third-order valence-electron chi connectivity index (χ3n) is 2.46. The zero-order valence-corrected chi connectivity index (χ0v) is 11.6. The van der Waals surface area contributed by atoms with Crippen LogP contribution in [0.25, 0.3) is 0 Å². The van der Waals surface area contributed by atoms with Gasteiger partial charge >= 0.3 is 6.18 Å². The molecule has 0 spiro atoms. The van der Waals surface area contributed by atoms with Gasteiger partial charge in [0.15, 0.2) is 11.5 Å². The Labute approximate surface area is 115 Å². The van der Waals surface area contributed by atoms with Gasteiger partial charge in [-0.25, -0.2) is 0 Å². The highest BCUT2D eigenvalue weighted by atomic mass is 19.4. The topological polar surface area (TPSA) is 39.7 Å². The minimum Gasteiger partial charge on any atom is -0.493 e. The van der Waals surface area contributed by atoms with Gasteiger partial charge in [0.05, 0.1) is 20.8 Å². The largest absolute Gasteiger partial charge is 0.493 e. The van der Waals surface area contributed by atoms with E-state index < -0.39 is 12.7 Å². The second-order valence-corrected chi connectivity index (χ2v) is 4.14. The number of benzene rings is 1. The Bertz CT molecular complexity index is 410. The van der Waals surface area contributed by atoms with Crippen molar-refractivity contribution in [2.45, 2.75) is 13.1 Å². The summed E-state index contributed by atoms with van der Waals surface area (Å²) in [6, 6.07) is 3.53. The fourth-order valence-electron chi connectivity index (χ4n) is 1.61. The predicted molar refractivity (Wildman–Crippen MR) is 68.7 cm³/mol. The van der Waals surface area contributed by atoms with Crippen molar-refractivity contribution in [2.75, 3.05) is 33.9 Å². The molecule has 1 aromatic rings. The van der Waals surface area contributed by atoms with Crippen molar-refractivity contribution in [1.29, 1.82) is 0 Å². The Morgan fingerprint density at radius 3 is 2.10 bits per heavy atom. The Morgan fingerprint density at radius 2 is 1.65 bits per heavy atom. The van der Waals surface area contributed by atoms with Gasteiger partial charge in [-0.05, 0) is 24.6 Å². The molecule has 0 aromatic heterocycles. The standard InChI is InChI=1S/C13H18F3NO3/c1-9-6-10(18-2)12(11(7-9)19-3)20-5-4-17-8-13(14,15)16/h6-7,17H,4-5,8H2,1-3H3. The fourth-order valence-corrected chi connectivity index (χ4v) is 1.61. The van der Waals surface area contributed by atoms with Gasteiger partial charge in [0.25, 0.3) is 0 Å². The molecule has 0 amide bonds. The molecule has 0 heterocycles. The van der Waals surface area contributed by atoms with Gasteiger partial charge in [0, 0.05) is 6.54 Å². The fraction of sp³-hybridized carbons (Fsp3) is 0.538. The average molecular weight is 293 g/mol. The summed E-state index contributed by atoms with van der Waals surface area (Å²) in [5.41, 5.74) is 0.932. The number of rotatable bonds is 7. The Morgan fingerprint density at radius 1 is 1.10 bits per heavy atom. The lowest BCUT2D eigenvalue weighted by atomic mass is 10.2. The van der Waals surface area contributed by atoms with Crippen LogP contribution < -0.4 is 19.5 Å². The summed E-state index contributed by atoms with van der Waals surface area (Å²) in [5, 5.41) is 2.25. The van der Waals surface area contributed by atoms with Crippen LogP contribution >= 0.6 is 0 Å². The van der Waals surface area contributed by atoms with Gasteiger partial charge < -0.3 is 19.5 Å². The van der Waals surface area contributed by atoms with Crippen LogP contribution in [-0.2, 0) is 0 Å². The summed E-state index contributed by atoms with van der Waals surface area (Å²) < 4.78 is 51.6. The number of alkyl halides is 3. The molecular weight excluding hydrogens is 275 g/mol. The van der Waals surface area contributed by atoms with Crippen LogP contribution in [0.4, 0.5) is 13.2 Å². The van der Waals surface area contributed by atoms with E-state index in [0.717, 1.165) is 5.56 Å². The molecule has 0 fully saturated rings. The molecule has 114 valence electrons. The lowest BCUT2D eigenvalue weighted by Crippen LogP contribution is -2.31. The quantitative estimate of drug-likeness (QED) is 0.784. The second kappa shape index (κ2) is 7.23. The van der Waals surface area contributed by atoms with Crippen molar-refractivity contribution < 1.29 is 27.4 Å². The Balaban J connectivity index is 2.59. The van der Waals surface area contributed by atoms with E-state index in [1.165, 1.54) is 14.2 Å². The molecule has 1 rings (SSSR count). The van der Waals surface area contributed by atoms with Crippen molar-refractivity contribution in [1.82, 2.24) is 5.32 Å². The zero-order valence-electron chi connectivity index (χ0n) is 11.6. The summed E-state index contributed by atoms with van der Waals surface area (Å²) in [4.78, 5) is 0. The van der Waals surface area contributed by atoms with Crippen LogP contribution in [0.15, 0.2) is 12.1 Å². The number of nitrogens with one attached hydrogen (secondary N) is 1. The molecule has 1 N–H and O–H groups in total. The lowest BCUT2D eigenvalue weighted by Gasteiger charge is -2.15. The van der Waals surface area contributed by atoms with Crippen molar-refractivity contribution in [3.8, 4) is 17.2 Å². The molecule has 20 heavy (non-hydrogen) atoms. The van der Waals surface area contributed by atoms with Crippen molar-refractivity contribution in [3.05, 3.63) is 17.7 Å². The third kappa shape index (κ3) is 5.16. The number of halogens is 3. The maximum Gasteiger partial charge on any atom is 0.401 e. The third-order valence-corrected chi connectivity index (χ3v) is 2.46. The molecule has 0 unspecified atom stereocenters. The molecule has 0 aliphatic heterocycles. The van der Waals surface area contributed by atoms with Gasteiger partial charge in [0.1, 0.15) is 6.61 Å². The first kappa shape index (κ1) is 16.4. The van der Waals surface area contributed by atoms with E-state index in [-0.39, 0.29) is 13.2 Å². The average Bonchev–Trinajstić information content (AvgIpc) is 2.37. The predicted octanol–water partition coefficient (Wildman–Crippen LogP) is 2.54. The van der Waals surface area contributed by atoms with Crippen LogP contribution in [0.3, 0.4) is 0 Å².